The number of thiol groups is 1. The number of carbonyl (C=O) groups is 1. The van der Waals surface area contributed by atoms with Crippen molar-refractivity contribution in [3.8, 4) is 0 Å². The van der Waals surface area contributed by atoms with E-state index in [9.17, 15) is 0 Å². The molecular weight excluding hydrogens is 148 g/mol. The number of hydrogen-bond acceptors (Lipinski definition) is 2. The molecular formula is C4H7ClO2S. The van der Waals surface area contributed by atoms with Gasteiger partial charge in [0.05, 0.1) is 0 Å². The van der Waals surface area contributed by atoms with Crippen molar-refractivity contribution in [1.82, 2.24) is 0 Å². The standard InChI is InChI=1S/C3H6S.CHClO2/c1-2-3-4;2-1(3)4/h2,4H,1,3H2;(H,3,4). The van der Waals surface area contributed by atoms with Gasteiger partial charge in [-0.2, -0.15) is 12.6 Å². The summed E-state index contributed by atoms with van der Waals surface area (Å²) in [6.45, 7) is 3.40. The average molecular weight is 155 g/mol. The third-order valence-corrected chi connectivity index (χ3v) is 0.387. The molecule has 1 N–H and O–H groups in total. The second-order valence-corrected chi connectivity index (χ2v) is 1.41. The zero-order chi connectivity index (χ0) is 6.99. The van der Waals surface area contributed by atoms with E-state index in [4.69, 9.17) is 9.90 Å². The lowest BCUT2D eigenvalue weighted by molar-refractivity contribution is 0.220. The molecule has 2 nitrogen and oxygen atoms in total. The maximum atomic E-state index is 8.77. The van der Waals surface area contributed by atoms with Gasteiger partial charge in [-0.05, 0) is 0 Å². The molecule has 4 heteroatoms. The fraction of sp³-hybridized carbons (Fsp3) is 0.250. The second-order valence-electron chi connectivity index (χ2n) is 0.724. The van der Waals surface area contributed by atoms with Crippen molar-refractivity contribution >= 4 is 29.7 Å². The van der Waals surface area contributed by atoms with Gasteiger partial charge in [-0.3, -0.25) is 0 Å². The first-order valence-electron chi connectivity index (χ1n) is 1.75. The molecule has 0 amide bonds. The Bertz CT molecular complexity index is 70.4. The van der Waals surface area contributed by atoms with Crippen LogP contribution in [-0.2, 0) is 0 Å². The second kappa shape index (κ2) is 9.97. The highest BCUT2D eigenvalue weighted by Gasteiger charge is 1.71. The molecule has 0 aromatic rings. The lowest BCUT2D eigenvalue weighted by Gasteiger charge is -1.57. The summed E-state index contributed by atoms with van der Waals surface area (Å²) in [4.78, 5) is 8.77. The summed E-state index contributed by atoms with van der Waals surface area (Å²) in [5.41, 5.74) is -1.36. The van der Waals surface area contributed by atoms with Crippen molar-refractivity contribution in [1.29, 1.82) is 0 Å². The molecule has 0 saturated heterocycles. The van der Waals surface area contributed by atoms with E-state index >= 15 is 0 Å². The van der Waals surface area contributed by atoms with Gasteiger partial charge in [-0.15, -0.1) is 6.58 Å². The van der Waals surface area contributed by atoms with Gasteiger partial charge in [-0.1, -0.05) is 6.08 Å². The Labute approximate surface area is 58.6 Å². The molecule has 0 spiro atoms. The normalized spacial score (nSPS) is 6.25. The highest BCUT2D eigenvalue weighted by atomic mass is 35.5. The third kappa shape index (κ3) is 190. The first-order chi connectivity index (χ1) is 3.65. The summed E-state index contributed by atoms with van der Waals surface area (Å²) in [5.74, 6) is 0.778. The van der Waals surface area contributed by atoms with Crippen LogP contribution >= 0.6 is 24.2 Å². The van der Waals surface area contributed by atoms with Crippen LogP contribution in [0, 0.1) is 0 Å². The van der Waals surface area contributed by atoms with Crippen LogP contribution in [0.25, 0.3) is 0 Å². The molecule has 0 heterocycles. The molecule has 0 aliphatic rings. The summed E-state index contributed by atoms with van der Waals surface area (Å²) in [6.07, 6.45) is 1.74. The van der Waals surface area contributed by atoms with E-state index in [-0.39, 0.29) is 0 Å². The van der Waals surface area contributed by atoms with Gasteiger partial charge in [-0.25, -0.2) is 4.79 Å². The van der Waals surface area contributed by atoms with E-state index in [2.05, 4.69) is 30.8 Å². The Morgan fingerprint density at radius 3 is 2.12 bits per heavy atom. The molecule has 0 fully saturated rings. The van der Waals surface area contributed by atoms with Gasteiger partial charge in [0, 0.05) is 17.4 Å². The molecule has 0 radical (unpaired) electrons. The van der Waals surface area contributed by atoms with Crippen molar-refractivity contribution < 1.29 is 9.90 Å². The molecule has 0 aromatic heterocycles. The lowest BCUT2D eigenvalue weighted by Crippen LogP contribution is -1.66. The molecule has 0 unspecified atom stereocenters. The zero-order valence-corrected chi connectivity index (χ0v) is 5.82. The third-order valence-electron chi connectivity index (χ3n) is 0.129. The SMILES string of the molecule is C=CCS.O=C(O)Cl. The Balaban J connectivity index is 0. The van der Waals surface area contributed by atoms with Crippen molar-refractivity contribution in [3.05, 3.63) is 12.7 Å². The molecule has 0 saturated carbocycles. The molecule has 8 heavy (non-hydrogen) atoms. The molecule has 48 valence electrons. The Morgan fingerprint density at radius 2 is 2.12 bits per heavy atom. The summed E-state index contributed by atoms with van der Waals surface area (Å²) in [6, 6.07) is 0. The molecule has 0 rings (SSSR count). The minimum Gasteiger partial charge on any atom is -0.469 e. The highest BCUT2D eigenvalue weighted by Crippen LogP contribution is 1.67. The Morgan fingerprint density at radius 1 is 2.00 bits per heavy atom. The first kappa shape index (κ1) is 10.8. The van der Waals surface area contributed by atoms with E-state index in [1.165, 1.54) is 0 Å². The van der Waals surface area contributed by atoms with E-state index in [0.29, 0.717) is 0 Å². The van der Waals surface area contributed by atoms with Crippen LogP contribution in [0.2, 0.25) is 0 Å². The van der Waals surface area contributed by atoms with Crippen LogP contribution in [0.3, 0.4) is 0 Å². The van der Waals surface area contributed by atoms with Gasteiger partial charge in [0.15, 0.2) is 0 Å². The van der Waals surface area contributed by atoms with E-state index < -0.39 is 5.43 Å². The number of carboxylic acid groups (broad SMARTS) is 1. The van der Waals surface area contributed by atoms with Crippen LogP contribution in [-0.4, -0.2) is 16.3 Å². The maximum Gasteiger partial charge on any atom is 0.401 e. The van der Waals surface area contributed by atoms with Crippen LogP contribution in [0.4, 0.5) is 4.79 Å². The number of hydrogen-bond donors (Lipinski definition) is 2. The summed E-state index contributed by atoms with van der Waals surface area (Å²) in [7, 11) is 0. The fourth-order valence-corrected chi connectivity index (χ4v) is 0. The highest BCUT2D eigenvalue weighted by molar-refractivity contribution is 7.80. The van der Waals surface area contributed by atoms with Crippen molar-refractivity contribution in [2.45, 2.75) is 0 Å². The molecule has 0 aliphatic heterocycles. The minimum atomic E-state index is -1.36. The van der Waals surface area contributed by atoms with Crippen molar-refractivity contribution in [2.24, 2.45) is 0 Å². The summed E-state index contributed by atoms with van der Waals surface area (Å²) < 4.78 is 0. The molecule has 0 bridgehead atoms. The fourth-order valence-electron chi connectivity index (χ4n) is 0. The zero-order valence-electron chi connectivity index (χ0n) is 4.17. The molecule has 0 atom stereocenters. The monoisotopic (exact) mass is 154 g/mol. The lowest BCUT2D eigenvalue weighted by atomic mass is 10.8. The smallest absolute Gasteiger partial charge is 0.401 e. The van der Waals surface area contributed by atoms with Crippen LogP contribution in [0.1, 0.15) is 0 Å². The first-order valence-corrected chi connectivity index (χ1v) is 2.76. The van der Waals surface area contributed by atoms with Gasteiger partial charge in [0.2, 0.25) is 0 Å². The van der Waals surface area contributed by atoms with E-state index in [0.717, 1.165) is 5.75 Å². The van der Waals surface area contributed by atoms with Crippen LogP contribution in [0.15, 0.2) is 12.7 Å². The van der Waals surface area contributed by atoms with Crippen molar-refractivity contribution in [3.63, 3.8) is 0 Å². The molecule has 0 aromatic carbocycles. The van der Waals surface area contributed by atoms with Gasteiger partial charge in [0.25, 0.3) is 0 Å². The quantitative estimate of drug-likeness (QED) is 0.345. The van der Waals surface area contributed by atoms with Crippen molar-refractivity contribution in [2.75, 3.05) is 5.75 Å². The van der Waals surface area contributed by atoms with Crippen LogP contribution < -0.4 is 0 Å². The Hall–Kier alpha value is -0.150. The average Bonchev–Trinajstić information content (AvgIpc) is 1.65. The van der Waals surface area contributed by atoms with Gasteiger partial charge < -0.3 is 5.11 Å². The largest absolute Gasteiger partial charge is 0.469 e. The maximum absolute atomic E-state index is 8.77. The van der Waals surface area contributed by atoms with Gasteiger partial charge in [0.1, 0.15) is 0 Å². The predicted molar refractivity (Wildman–Crippen MR) is 37.9 cm³/mol. The Kier molecular flexibility index (Phi) is 13.4. The van der Waals surface area contributed by atoms with Crippen LogP contribution in [0.5, 0.6) is 0 Å². The predicted octanol–water partition coefficient (Wildman–Crippen LogP) is 2.01. The minimum absolute atomic E-state index is 0.778. The molecule has 0 aliphatic carbocycles. The topological polar surface area (TPSA) is 37.3 Å². The number of rotatable bonds is 1. The van der Waals surface area contributed by atoms with E-state index in [1.807, 2.05) is 0 Å². The summed E-state index contributed by atoms with van der Waals surface area (Å²) in [5, 5.41) is 7.18. The van der Waals surface area contributed by atoms with Gasteiger partial charge >= 0.3 is 5.43 Å². The summed E-state index contributed by atoms with van der Waals surface area (Å²) >= 11 is 7.99. The van der Waals surface area contributed by atoms with E-state index in [1.54, 1.807) is 6.08 Å². The number of halogens is 1.